The fourth-order valence-corrected chi connectivity index (χ4v) is 2.33. The number of rotatable bonds is 4. The first kappa shape index (κ1) is 13.8. The number of hydrogen-bond donors (Lipinski definition) is 0. The Morgan fingerprint density at radius 1 is 1.16 bits per heavy atom. The lowest BCUT2D eigenvalue weighted by molar-refractivity contribution is -0.130. The molecular weight excluding hydrogens is 236 g/mol. The van der Waals surface area contributed by atoms with Crippen LogP contribution in [-0.4, -0.2) is 48.4 Å². The van der Waals surface area contributed by atoms with Gasteiger partial charge < -0.3 is 4.90 Å². The van der Waals surface area contributed by atoms with E-state index in [1.807, 2.05) is 11.0 Å². The van der Waals surface area contributed by atoms with Crippen molar-refractivity contribution in [2.24, 2.45) is 0 Å². The number of piperazine rings is 1. The summed E-state index contributed by atoms with van der Waals surface area (Å²) in [5.41, 5.74) is 1.25. The molecule has 0 saturated carbocycles. The fraction of sp³-hybridized carbons (Fsp3) is 0.438. The number of carbonyl (C=O) groups is 1. The molecule has 102 valence electrons. The first-order valence-corrected chi connectivity index (χ1v) is 6.95. The van der Waals surface area contributed by atoms with Crippen molar-refractivity contribution in [3.8, 4) is 0 Å². The van der Waals surface area contributed by atoms with E-state index in [9.17, 15) is 4.79 Å². The third-order valence-corrected chi connectivity index (χ3v) is 3.54. The molecule has 1 aliphatic heterocycles. The number of hydrogen-bond acceptors (Lipinski definition) is 2. The van der Waals surface area contributed by atoms with Crippen LogP contribution in [0.4, 0.5) is 0 Å². The molecule has 0 radical (unpaired) electrons. The van der Waals surface area contributed by atoms with Gasteiger partial charge in [-0.3, -0.25) is 9.69 Å². The van der Waals surface area contributed by atoms with Crippen LogP contribution in [0.1, 0.15) is 18.9 Å². The number of benzene rings is 1. The second-order valence-electron chi connectivity index (χ2n) is 4.95. The zero-order chi connectivity index (χ0) is 13.5. The standard InChI is InChI=1S/C16H22N2O/c1-15(19)18-13-11-17(12-14-18)10-6-5-9-16-7-3-2-4-8-16/h2-5,7-9H,6,10-14H2,1H3/b9-5+. The molecule has 1 saturated heterocycles. The summed E-state index contributed by atoms with van der Waals surface area (Å²) in [5.74, 6) is 0.198. The Balaban J connectivity index is 1.67. The van der Waals surface area contributed by atoms with Crippen LogP contribution in [0.2, 0.25) is 0 Å². The lowest BCUT2D eigenvalue weighted by Crippen LogP contribution is -2.48. The van der Waals surface area contributed by atoms with Gasteiger partial charge in [-0.25, -0.2) is 0 Å². The summed E-state index contributed by atoms with van der Waals surface area (Å²) in [6.45, 7) is 6.47. The molecule has 19 heavy (non-hydrogen) atoms. The molecule has 1 aliphatic rings. The van der Waals surface area contributed by atoms with Crippen molar-refractivity contribution in [1.29, 1.82) is 0 Å². The van der Waals surface area contributed by atoms with E-state index < -0.39 is 0 Å². The molecule has 2 rings (SSSR count). The fourth-order valence-electron chi connectivity index (χ4n) is 2.33. The number of nitrogens with zero attached hydrogens (tertiary/aromatic N) is 2. The predicted octanol–water partition coefficient (Wildman–Crippen LogP) is 2.25. The highest BCUT2D eigenvalue weighted by Gasteiger charge is 2.17. The maximum absolute atomic E-state index is 11.2. The average Bonchev–Trinajstić information content (AvgIpc) is 2.45. The van der Waals surface area contributed by atoms with Gasteiger partial charge >= 0.3 is 0 Å². The van der Waals surface area contributed by atoms with Crippen molar-refractivity contribution in [3.05, 3.63) is 42.0 Å². The molecule has 0 aromatic heterocycles. The van der Waals surface area contributed by atoms with Crippen molar-refractivity contribution < 1.29 is 4.79 Å². The summed E-state index contributed by atoms with van der Waals surface area (Å²) >= 11 is 0. The van der Waals surface area contributed by atoms with Gasteiger partial charge in [-0.1, -0.05) is 42.5 Å². The summed E-state index contributed by atoms with van der Waals surface area (Å²) in [7, 11) is 0. The van der Waals surface area contributed by atoms with Crippen molar-refractivity contribution in [2.75, 3.05) is 32.7 Å². The molecule has 3 nitrogen and oxygen atoms in total. The molecular formula is C16H22N2O. The minimum Gasteiger partial charge on any atom is -0.340 e. The van der Waals surface area contributed by atoms with E-state index in [0.717, 1.165) is 39.1 Å². The third kappa shape index (κ3) is 4.52. The Labute approximate surface area is 115 Å². The van der Waals surface area contributed by atoms with Crippen molar-refractivity contribution in [3.63, 3.8) is 0 Å². The van der Waals surface area contributed by atoms with Gasteiger partial charge in [0.2, 0.25) is 5.91 Å². The topological polar surface area (TPSA) is 23.6 Å². The van der Waals surface area contributed by atoms with Crippen LogP contribution in [0, 0.1) is 0 Å². The van der Waals surface area contributed by atoms with Gasteiger partial charge in [-0.05, 0) is 12.0 Å². The Morgan fingerprint density at radius 2 is 1.84 bits per heavy atom. The van der Waals surface area contributed by atoms with Crippen LogP contribution in [0.25, 0.3) is 6.08 Å². The van der Waals surface area contributed by atoms with Crippen molar-refractivity contribution in [2.45, 2.75) is 13.3 Å². The van der Waals surface area contributed by atoms with Gasteiger partial charge in [-0.15, -0.1) is 0 Å². The molecule has 1 amide bonds. The SMILES string of the molecule is CC(=O)N1CCN(CC/C=C/c2ccccc2)CC1. The highest BCUT2D eigenvalue weighted by molar-refractivity contribution is 5.73. The molecule has 1 aromatic carbocycles. The molecule has 0 atom stereocenters. The molecule has 0 N–H and O–H groups in total. The summed E-state index contributed by atoms with van der Waals surface area (Å²) in [6, 6.07) is 10.4. The molecule has 3 heteroatoms. The average molecular weight is 258 g/mol. The maximum Gasteiger partial charge on any atom is 0.219 e. The van der Waals surface area contributed by atoms with Crippen LogP contribution in [0.3, 0.4) is 0 Å². The van der Waals surface area contributed by atoms with E-state index >= 15 is 0 Å². The van der Waals surface area contributed by atoms with E-state index in [1.165, 1.54) is 5.56 Å². The van der Waals surface area contributed by atoms with Crippen LogP contribution in [0.15, 0.2) is 36.4 Å². The van der Waals surface area contributed by atoms with Gasteiger partial charge in [0, 0.05) is 39.6 Å². The van der Waals surface area contributed by atoms with Gasteiger partial charge in [0.25, 0.3) is 0 Å². The van der Waals surface area contributed by atoms with Crippen LogP contribution >= 0.6 is 0 Å². The van der Waals surface area contributed by atoms with Gasteiger partial charge in [0.15, 0.2) is 0 Å². The minimum absolute atomic E-state index is 0.198. The second-order valence-corrected chi connectivity index (χ2v) is 4.95. The van der Waals surface area contributed by atoms with E-state index in [4.69, 9.17) is 0 Å². The number of amides is 1. The van der Waals surface area contributed by atoms with E-state index in [-0.39, 0.29) is 5.91 Å². The van der Waals surface area contributed by atoms with E-state index in [1.54, 1.807) is 6.92 Å². The van der Waals surface area contributed by atoms with Crippen LogP contribution < -0.4 is 0 Å². The first-order chi connectivity index (χ1) is 9.25. The van der Waals surface area contributed by atoms with Crippen molar-refractivity contribution >= 4 is 12.0 Å². The normalized spacial score (nSPS) is 17.0. The molecule has 0 bridgehead atoms. The largest absolute Gasteiger partial charge is 0.340 e. The quantitative estimate of drug-likeness (QED) is 0.827. The van der Waals surface area contributed by atoms with Crippen LogP contribution in [0.5, 0.6) is 0 Å². The zero-order valence-electron chi connectivity index (χ0n) is 11.6. The molecule has 0 unspecified atom stereocenters. The van der Waals surface area contributed by atoms with Crippen LogP contribution in [-0.2, 0) is 4.79 Å². The Hall–Kier alpha value is -1.61. The summed E-state index contributed by atoms with van der Waals surface area (Å²) in [4.78, 5) is 15.6. The monoisotopic (exact) mass is 258 g/mol. The van der Waals surface area contributed by atoms with E-state index in [0.29, 0.717) is 0 Å². The van der Waals surface area contributed by atoms with Gasteiger partial charge in [0.05, 0.1) is 0 Å². The first-order valence-electron chi connectivity index (χ1n) is 6.95. The summed E-state index contributed by atoms with van der Waals surface area (Å²) in [5, 5.41) is 0. The Morgan fingerprint density at radius 3 is 2.47 bits per heavy atom. The van der Waals surface area contributed by atoms with Crippen molar-refractivity contribution in [1.82, 2.24) is 9.80 Å². The lowest BCUT2D eigenvalue weighted by Gasteiger charge is -2.33. The second kappa shape index (κ2) is 7.10. The Bertz CT molecular complexity index is 420. The highest BCUT2D eigenvalue weighted by atomic mass is 16.2. The Kier molecular flexibility index (Phi) is 5.16. The molecule has 0 aliphatic carbocycles. The summed E-state index contributed by atoms with van der Waals surface area (Å²) in [6.07, 6.45) is 5.47. The zero-order valence-corrected chi connectivity index (χ0v) is 11.6. The van der Waals surface area contributed by atoms with Gasteiger partial charge in [0.1, 0.15) is 0 Å². The summed E-state index contributed by atoms with van der Waals surface area (Å²) < 4.78 is 0. The third-order valence-electron chi connectivity index (χ3n) is 3.54. The molecule has 1 fully saturated rings. The lowest BCUT2D eigenvalue weighted by atomic mass is 10.2. The maximum atomic E-state index is 11.2. The van der Waals surface area contributed by atoms with E-state index in [2.05, 4.69) is 41.3 Å². The smallest absolute Gasteiger partial charge is 0.219 e. The minimum atomic E-state index is 0.198. The predicted molar refractivity (Wildman–Crippen MR) is 78.8 cm³/mol. The molecule has 1 aromatic rings. The number of carbonyl (C=O) groups excluding carboxylic acids is 1. The molecule has 0 spiro atoms. The highest BCUT2D eigenvalue weighted by Crippen LogP contribution is 2.05. The van der Waals surface area contributed by atoms with Gasteiger partial charge in [-0.2, -0.15) is 0 Å². The molecule has 1 heterocycles.